The highest BCUT2D eigenvalue weighted by molar-refractivity contribution is 5.39. The normalized spacial score (nSPS) is 11.8. The van der Waals surface area contributed by atoms with E-state index in [4.69, 9.17) is 9.47 Å². The third-order valence-electron chi connectivity index (χ3n) is 2.71. The SMILES string of the molecule is CCCNc1cc(OCCOC(C)C)nc(C(C)(C)C)n1. The van der Waals surface area contributed by atoms with Crippen molar-refractivity contribution in [2.24, 2.45) is 0 Å². The number of rotatable bonds is 8. The van der Waals surface area contributed by atoms with Crippen LogP contribution in [0.5, 0.6) is 5.88 Å². The summed E-state index contributed by atoms with van der Waals surface area (Å²) < 4.78 is 11.2. The fraction of sp³-hybridized carbons (Fsp3) is 0.750. The van der Waals surface area contributed by atoms with Crippen molar-refractivity contribution in [3.8, 4) is 5.88 Å². The molecule has 1 aromatic heterocycles. The molecule has 21 heavy (non-hydrogen) atoms. The zero-order valence-electron chi connectivity index (χ0n) is 14.2. The standard InChI is InChI=1S/C16H29N3O2/c1-7-8-17-13-11-14(21-10-9-20-12(2)3)19-15(18-13)16(4,5)6/h11-12H,7-10H2,1-6H3,(H,17,18,19). The summed E-state index contributed by atoms with van der Waals surface area (Å²) in [6.07, 6.45) is 1.26. The van der Waals surface area contributed by atoms with Crippen molar-refractivity contribution in [2.45, 2.75) is 59.5 Å². The van der Waals surface area contributed by atoms with E-state index in [-0.39, 0.29) is 11.5 Å². The highest BCUT2D eigenvalue weighted by atomic mass is 16.5. The Labute approximate surface area is 128 Å². The second-order valence-corrected chi connectivity index (χ2v) is 6.36. The topological polar surface area (TPSA) is 56.3 Å². The van der Waals surface area contributed by atoms with Gasteiger partial charge in [-0.25, -0.2) is 4.98 Å². The lowest BCUT2D eigenvalue weighted by Crippen LogP contribution is -2.19. The van der Waals surface area contributed by atoms with Crippen LogP contribution in [0.1, 0.15) is 53.8 Å². The number of nitrogens with one attached hydrogen (secondary N) is 1. The monoisotopic (exact) mass is 295 g/mol. The van der Waals surface area contributed by atoms with E-state index in [0.29, 0.717) is 19.1 Å². The summed E-state index contributed by atoms with van der Waals surface area (Å²) in [5.74, 6) is 2.20. The van der Waals surface area contributed by atoms with Crippen molar-refractivity contribution >= 4 is 5.82 Å². The van der Waals surface area contributed by atoms with E-state index in [2.05, 4.69) is 43.0 Å². The van der Waals surface area contributed by atoms with Crippen LogP contribution < -0.4 is 10.1 Å². The molecule has 1 heterocycles. The predicted molar refractivity (Wildman–Crippen MR) is 86.1 cm³/mol. The molecule has 5 heteroatoms. The van der Waals surface area contributed by atoms with Gasteiger partial charge in [0, 0.05) is 18.0 Å². The lowest BCUT2D eigenvalue weighted by molar-refractivity contribution is 0.0541. The molecular weight excluding hydrogens is 266 g/mol. The Kier molecular flexibility index (Phi) is 6.89. The molecule has 0 aliphatic carbocycles. The fourth-order valence-electron chi connectivity index (χ4n) is 1.61. The number of anilines is 1. The molecule has 0 amide bonds. The number of aromatic nitrogens is 2. The zero-order valence-corrected chi connectivity index (χ0v) is 14.2. The van der Waals surface area contributed by atoms with E-state index in [1.54, 1.807) is 0 Å². The van der Waals surface area contributed by atoms with Crippen LogP contribution in [0.25, 0.3) is 0 Å². The Morgan fingerprint density at radius 1 is 1.19 bits per heavy atom. The van der Waals surface area contributed by atoms with Crippen LogP contribution in [-0.4, -0.2) is 35.8 Å². The predicted octanol–water partition coefficient (Wildman–Crippen LogP) is 3.40. The first kappa shape index (κ1) is 17.7. The largest absolute Gasteiger partial charge is 0.475 e. The Morgan fingerprint density at radius 2 is 1.90 bits per heavy atom. The van der Waals surface area contributed by atoms with Crippen LogP contribution in [0.15, 0.2) is 6.07 Å². The Bertz CT molecular complexity index is 428. The molecule has 0 aromatic carbocycles. The number of hydrogen-bond acceptors (Lipinski definition) is 5. The molecule has 0 saturated heterocycles. The maximum Gasteiger partial charge on any atom is 0.218 e. The molecule has 0 unspecified atom stereocenters. The molecular formula is C16H29N3O2. The summed E-state index contributed by atoms with van der Waals surface area (Å²) in [5.41, 5.74) is -0.115. The van der Waals surface area contributed by atoms with Crippen LogP contribution in [0, 0.1) is 0 Å². The lowest BCUT2D eigenvalue weighted by Gasteiger charge is -2.19. The second kappa shape index (κ2) is 8.17. The van der Waals surface area contributed by atoms with Crippen LogP contribution in [0.3, 0.4) is 0 Å². The first-order valence-corrected chi connectivity index (χ1v) is 7.70. The smallest absolute Gasteiger partial charge is 0.218 e. The highest BCUT2D eigenvalue weighted by Gasteiger charge is 2.19. The molecule has 0 spiro atoms. The third kappa shape index (κ3) is 6.76. The highest BCUT2D eigenvalue weighted by Crippen LogP contribution is 2.23. The molecule has 0 aliphatic rings. The molecule has 0 bridgehead atoms. The van der Waals surface area contributed by atoms with Gasteiger partial charge in [0.2, 0.25) is 5.88 Å². The molecule has 120 valence electrons. The van der Waals surface area contributed by atoms with Gasteiger partial charge in [0.15, 0.2) is 0 Å². The van der Waals surface area contributed by atoms with Crippen LogP contribution >= 0.6 is 0 Å². The molecule has 0 aliphatic heterocycles. The number of ether oxygens (including phenoxy) is 2. The van der Waals surface area contributed by atoms with E-state index < -0.39 is 0 Å². The van der Waals surface area contributed by atoms with Gasteiger partial charge in [-0.2, -0.15) is 4.98 Å². The minimum absolute atomic E-state index is 0.115. The molecule has 0 fully saturated rings. The fourth-order valence-corrected chi connectivity index (χ4v) is 1.61. The lowest BCUT2D eigenvalue weighted by atomic mass is 9.96. The maximum absolute atomic E-state index is 5.70. The third-order valence-corrected chi connectivity index (χ3v) is 2.71. The first-order valence-electron chi connectivity index (χ1n) is 7.70. The van der Waals surface area contributed by atoms with E-state index in [1.807, 2.05) is 19.9 Å². The van der Waals surface area contributed by atoms with E-state index in [0.717, 1.165) is 24.6 Å². The van der Waals surface area contributed by atoms with Gasteiger partial charge in [-0.3, -0.25) is 0 Å². The molecule has 1 N–H and O–H groups in total. The van der Waals surface area contributed by atoms with Crippen LogP contribution in [0.4, 0.5) is 5.82 Å². The van der Waals surface area contributed by atoms with Gasteiger partial charge in [0.25, 0.3) is 0 Å². The summed E-state index contributed by atoms with van der Waals surface area (Å²) >= 11 is 0. The van der Waals surface area contributed by atoms with Gasteiger partial charge in [0.05, 0.1) is 12.7 Å². The van der Waals surface area contributed by atoms with Crippen LogP contribution in [-0.2, 0) is 10.2 Å². The maximum atomic E-state index is 5.70. The quantitative estimate of drug-likeness (QED) is 0.745. The number of hydrogen-bond donors (Lipinski definition) is 1. The zero-order chi connectivity index (χ0) is 15.9. The Balaban J connectivity index is 2.76. The minimum Gasteiger partial charge on any atom is -0.475 e. The van der Waals surface area contributed by atoms with Crippen molar-refractivity contribution in [1.29, 1.82) is 0 Å². The molecule has 0 atom stereocenters. The molecule has 5 nitrogen and oxygen atoms in total. The van der Waals surface area contributed by atoms with Gasteiger partial charge in [-0.1, -0.05) is 27.7 Å². The molecule has 1 rings (SSSR count). The second-order valence-electron chi connectivity index (χ2n) is 6.36. The van der Waals surface area contributed by atoms with Crippen molar-refractivity contribution in [3.05, 3.63) is 11.9 Å². The van der Waals surface area contributed by atoms with E-state index >= 15 is 0 Å². The molecule has 0 radical (unpaired) electrons. The molecule has 0 saturated carbocycles. The van der Waals surface area contributed by atoms with Gasteiger partial charge < -0.3 is 14.8 Å². The van der Waals surface area contributed by atoms with Gasteiger partial charge in [0.1, 0.15) is 18.2 Å². The first-order chi connectivity index (χ1) is 9.82. The van der Waals surface area contributed by atoms with Gasteiger partial charge in [-0.05, 0) is 20.3 Å². The van der Waals surface area contributed by atoms with Crippen molar-refractivity contribution in [2.75, 3.05) is 25.1 Å². The van der Waals surface area contributed by atoms with Crippen molar-refractivity contribution in [3.63, 3.8) is 0 Å². The summed E-state index contributed by atoms with van der Waals surface area (Å²) in [5, 5.41) is 3.29. The van der Waals surface area contributed by atoms with Crippen molar-refractivity contribution in [1.82, 2.24) is 9.97 Å². The molecule has 1 aromatic rings. The summed E-state index contributed by atoms with van der Waals surface area (Å²) in [6, 6.07) is 1.85. The summed E-state index contributed by atoms with van der Waals surface area (Å²) in [6.45, 7) is 14.4. The summed E-state index contributed by atoms with van der Waals surface area (Å²) in [7, 11) is 0. The average molecular weight is 295 g/mol. The summed E-state index contributed by atoms with van der Waals surface area (Å²) in [4.78, 5) is 9.07. The Morgan fingerprint density at radius 3 is 2.48 bits per heavy atom. The number of nitrogens with zero attached hydrogens (tertiary/aromatic N) is 2. The Hall–Kier alpha value is -1.36. The van der Waals surface area contributed by atoms with E-state index in [9.17, 15) is 0 Å². The van der Waals surface area contributed by atoms with Gasteiger partial charge in [-0.15, -0.1) is 0 Å². The average Bonchev–Trinajstić information content (AvgIpc) is 2.40. The van der Waals surface area contributed by atoms with E-state index in [1.165, 1.54) is 0 Å². The van der Waals surface area contributed by atoms with Crippen molar-refractivity contribution < 1.29 is 9.47 Å². The van der Waals surface area contributed by atoms with Gasteiger partial charge >= 0.3 is 0 Å². The van der Waals surface area contributed by atoms with Crippen LogP contribution in [0.2, 0.25) is 0 Å². The minimum atomic E-state index is -0.115.